The largest absolute Gasteiger partial charge is 0.508 e. The molecule has 0 heterocycles. The van der Waals surface area contributed by atoms with Gasteiger partial charge < -0.3 is 146 Å². The standard InChI is InChI=1S/C81H137N27O19/c1-7-46(4)65(108-75(123)59(40-45(2)3)97-48(6)110)77(125)106-61(42-50-28-30-51(111)31-29-50)73(121)96-47(5)66(114)99-57(32-33-63(85)112)67(115)95-43-64(113)98-60(41-49-20-9-8-10-21-49)74(122)107-62(44-109)76(124)104-53(23-12-15-35-83)69(117)100-52(22-11-14-34-82)68(116)102-56(26-18-38-93-80(88)89)71(119)103-55(25-17-37-92-79(86)87)70(118)101-54(24-13-16-36-84)72(120)105-58(78(126)127)27-19-39-94-81(90)91/h8-10,20-21,28-31,45-47,52-62,65,109,111H,7,11-19,22-27,32-44,82-84H2,1-6H3,(H2,85,112)(H,95,115)(H,96,121)(H,97,110)(H,98,113)(H,99,114)(H,100,117)(H,101,118)(H,102,116)(H,103,119)(H,104,124)(H,105,120)(H,106,125)(H,107,122)(H,108,123)(H,126,127)(H4,86,87,92)(H4,88,89,93)(H4,90,91,94)/t46-,47-,52-,53-,54-,55-,56-,57-,58-,59-,60-,61-,62-,65-/m0/s1. The van der Waals surface area contributed by atoms with Crippen LogP contribution in [0.1, 0.15) is 175 Å². The summed E-state index contributed by atoms with van der Waals surface area (Å²) < 4.78 is 0. The normalized spacial score (nSPS) is 14.3. The molecule has 2 rings (SSSR count). The van der Waals surface area contributed by atoms with E-state index in [1.165, 1.54) is 38.1 Å². The van der Waals surface area contributed by atoms with E-state index in [1.807, 2.05) is 13.8 Å². The van der Waals surface area contributed by atoms with Gasteiger partial charge in [0.15, 0.2) is 17.9 Å². The first-order chi connectivity index (χ1) is 60.2. The highest BCUT2D eigenvalue weighted by atomic mass is 16.4. The number of unbranched alkanes of at least 4 members (excludes halogenated alkanes) is 3. The zero-order valence-electron chi connectivity index (χ0n) is 73.3. The Hall–Kier alpha value is -12.6. The maximum Gasteiger partial charge on any atom is 0.326 e. The van der Waals surface area contributed by atoms with Crippen molar-refractivity contribution in [3.05, 3.63) is 65.7 Å². The van der Waals surface area contributed by atoms with E-state index in [-0.39, 0.29) is 153 Å². The van der Waals surface area contributed by atoms with E-state index >= 15 is 0 Å². The fourth-order valence-electron chi connectivity index (χ4n) is 12.8. The second kappa shape index (κ2) is 60.9. The molecule has 2 aromatic rings. The van der Waals surface area contributed by atoms with Crippen LogP contribution in [0.25, 0.3) is 0 Å². The zero-order valence-corrected chi connectivity index (χ0v) is 73.3. The molecule has 0 aliphatic rings. The van der Waals surface area contributed by atoms with Crippen molar-refractivity contribution in [2.45, 2.75) is 255 Å². The summed E-state index contributed by atoms with van der Waals surface area (Å²) in [6.45, 7) is 8.23. The van der Waals surface area contributed by atoms with Gasteiger partial charge in [-0.1, -0.05) is 76.6 Å². The van der Waals surface area contributed by atoms with Crippen molar-refractivity contribution in [3.63, 3.8) is 0 Å². The summed E-state index contributed by atoms with van der Waals surface area (Å²) in [7, 11) is 0. The predicted molar refractivity (Wildman–Crippen MR) is 470 cm³/mol. The van der Waals surface area contributed by atoms with Gasteiger partial charge in [0.25, 0.3) is 0 Å². The summed E-state index contributed by atoms with van der Waals surface area (Å²) in [5.74, 6) is -17.0. The lowest BCUT2D eigenvalue weighted by atomic mass is 9.96. The number of aromatic hydroxyl groups is 1. The number of nitrogens with one attached hydrogen (secondary N) is 20. The molecule has 127 heavy (non-hydrogen) atoms. The van der Waals surface area contributed by atoms with Crippen LogP contribution in [-0.4, -0.2) is 259 Å². The first kappa shape index (κ1) is 110. The number of primary amides is 1. The monoisotopic (exact) mass is 1790 g/mol. The van der Waals surface area contributed by atoms with E-state index in [0.717, 1.165) is 0 Å². The molecule has 0 bridgehead atoms. The molecule has 0 saturated carbocycles. The minimum Gasteiger partial charge on any atom is -0.508 e. The van der Waals surface area contributed by atoms with Crippen LogP contribution in [0.15, 0.2) is 54.6 Å². The summed E-state index contributed by atoms with van der Waals surface area (Å²) in [6, 6.07) is -5.33. The number of hydrogen-bond donors (Lipinski definition) is 30. The number of aliphatic hydroxyl groups is 1. The van der Waals surface area contributed by atoms with Gasteiger partial charge in [0, 0.05) is 45.8 Å². The maximum atomic E-state index is 14.7. The van der Waals surface area contributed by atoms with Crippen LogP contribution in [0.3, 0.4) is 0 Å². The van der Waals surface area contributed by atoms with Crippen LogP contribution in [0.5, 0.6) is 5.75 Å². The zero-order chi connectivity index (χ0) is 95.3. The first-order valence-corrected chi connectivity index (χ1v) is 42.6. The third-order valence-electron chi connectivity index (χ3n) is 20.0. The van der Waals surface area contributed by atoms with E-state index in [2.05, 4.69) is 90.4 Å². The molecule has 46 heteroatoms. The van der Waals surface area contributed by atoms with Gasteiger partial charge in [-0.05, 0) is 171 Å². The summed E-state index contributed by atoms with van der Waals surface area (Å²) in [5, 5.41) is 97.0. The van der Waals surface area contributed by atoms with Crippen molar-refractivity contribution < 1.29 is 92.0 Å². The van der Waals surface area contributed by atoms with Gasteiger partial charge in [-0.2, -0.15) is 0 Å². The van der Waals surface area contributed by atoms with Crippen molar-refractivity contribution in [1.82, 2.24) is 90.4 Å². The molecule has 15 amide bonds. The van der Waals surface area contributed by atoms with Crippen LogP contribution in [0, 0.1) is 28.1 Å². The van der Waals surface area contributed by atoms with E-state index < -0.39 is 217 Å². The van der Waals surface area contributed by atoms with Gasteiger partial charge in [-0.25, -0.2) is 4.79 Å². The fraction of sp³-hybridized carbons (Fsp3) is 0.617. The first-order valence-electron chi connectivity index (χ1n) is 42.6. The van der Waals surface area contributed by atoms with Crippen LogP contribution < -0.4 is 131 Å². The molecule has 0 aliphatic heterocycles. The van der Waals surface area contributed by atoms with E-state index in [9.17, 15) is 92.0 Å². The Morgan fingerprint density at radius 1 is 0.378 bits per heavy atom. The molecular formula is C81H137N27O19. The number of aliphatic hydroxyl groups excluding tert-OH is 1. The Morgan fingerprint density at radius 2 is 0.732 bits per heavy atom. The molecular weight excluding hydrogens is 1660 g/mol. The minimum absolute atomic E-state index is 0.00384. The molecule has 46 nitrogen and oxygen atoms in total. The number of carbonyl (C=O) groups excluding carboxylic acids is 15. The van der Waals surface area contributed by atoms with E-state index in [1.54, 1.807) is 44.2 Å². The van der Waals surface area contributed by atoms with Crippen molar-refractivity contribution in [2.24, 2.45) is 52.0 Å². The summed E-state index contributed by atoms with van der Waals surface area (Å²) in [4.78, 5) is 222. The van der Waals surface area contributed by atoms with Crippen LogP contribution in [-0.2, 0) is 89.6 Å². The number of guanidine groups is 3. The second-order valence-corrected chi connectivity index (χ2v) is 31.3. The SMILES string of the molecule is CC[C@H](C)[C@H](NC(=O)[C@H](CC(C)C)NC(C)=O)C(=O)N[C@@H](Cc1ccc(O)cc1)C(=O)N[C@@H](C)C(=O)N[C@@H](CCC(N)=O)C(=O)NCC(=O)N[C@@H](Cc1ccccc1)C(=O)N[C@@H](CO)C(=O)N[C@@H](CCCCN)C(=O)N[C@@H](CCCCN)C(=O)N[C@@H](CCCNC(=N)N)C(=O)N[C@@H](CCCNC(=N)N)C(=O)N[C@@H](CCCCN)C(=O)N[C@@H](CCCNC(=N)N)C(=O)O. The Morgan fingerprint density at radius 3 is 1.13 bits per heavy atom. The number of phenolic OH excluding ortho intramolecular Hbond substituents is 1. The number of carbonyl (C=O) groups is 16. The minimum atomic E-state index is -1.86. The Bertz CT molecular complexity index is 3920. The molecule has 0 aliphatic carbocycles. The molecule has 0 saturated heterocycles. The summed E-state index contributed by atoms with van der Waals surface area (Å²) in [5.41, 5.74) is 40.2. The number of benzene rings is 2. The lowest BCUT2D eigenvalue weighted by Gasteiger charge is -2.29. The highest BCUT2D eigenvalue weighted by molar-refractivity contribution is 6.00. The lowest BCUT2D eigenvalue weighted by Crippen LogP contribution is -2.61. The molecule has 2 aromatic carbocycles. The molecule has 710 valence electrons. The molecule has 0 spiro atoms. The number of rotatable bonds is 64. The Labute approximate surface area is 738 Å². The van der Waals surface area contributed by atoms with Gasteiger partial charge >= 0.3 is 5.97 Å². The van der Waals surface area contributed by atoms with Crippen molar-refractivity contribution >= 4 is 112 Å². The van der Waals surface area contributed by atoms with Gasteiger partial charge in [-0.15, -0.1) is 0 Å². The summed E-state index contributed by atoms with van der Waals surface area (Å²) in [6.07, 6.45) is 0.392. The van der Waals surface area contributed by atoms with E-state index in [0.29, 0.717) is 36.8 Å². The number of aliphatic carboxylic acids is 1. The molecule has 0 unspecified atom stereocenters. The lowest BCUT2D eigenvalue weighted by molar-refractivity contribution is -0.142. The molecule has 0 fully saturated rings. The van der Waals surface area contributed by atoms with Crippen molar-refractivity contribution in [1.29, 1.82) is 16.2 Å². The van der Waals surface area contributed by atoms with Crippen molar-refractivity contribution in [3.8, 4) is 5.75 Å². The Kier molecular flexibility index (Phi) is 53.0. The van der Waals surface area contributed by atoms with Gasteiger partial charge in [0.2, 0.25) is 88.6 Å². The number of nitrogens with two attached hydrogens (primary N) is 7. The fourth-order valence-corrected chi connectivity index (χ4v) is 12.8. The topological polar surface area (TPSA) is 792 Å². The molecule has 37 N–H and O–H groups in total. The van der Waals surface area contributed by atoms with Crippen LogP contribution >= 0.6 is 0 Å². The third kappa shape index (κ3) is 45.7. The number of carboxylic acid groups (broad SMARTS) is 1. The highest BCUT2D eigenvalue weighted by Gasteiger charge is 2.38. The number of phenols is 1. The quantitative estimate of drug-likeness (QED) is 0.0166. The number of carboxylic acids is 1. The Balaban J connectivity index is 2.52. The molecule has 0 radical (unpaired) electrons. The van der Waals surface area contributed by atoms with Gasteiger partial charge in [0.05, 0.1) is 13.2 Å². The van der Waals surface area contributed by atoms with Crippen LogP contribution in [0.2, 0.25) is 0 Å². The number of amides is 15. The van der Waals surface area contributed by atoms with E-state index in [4.69, 9.17) is 56.4 Å². The summed E-state index contributed by atoms with van der Waals surface area (Å²) >= 11 is 0. The second-order valence-electron chi connectivity index (χ2n) is 31.3. The van der Waals surface area contributed by atoms with Gasteiger partial charge in [0.1, 0.15) is 84.3 Å². The number of hydrogen-bond acceptors (Lipinski definition) is 24. The van der Waals surface area contributed by atoms with Gasteiger partial charge in [-0.3, -0.25) is 88.1 Å². The van der Waals surface area contributed by atoms with Crippen LogP contribution in [0.4, 0.5) is 0 Å². The third-order valence-corrected chi connectivity index (χ3v) is 20.0. The molecule has 14 atom stereocenters. The predicted octanol–water partition coefficient (Wildman–Crippen LogP) is -6.75. The smallest absolute Gasteiger partial charge is 0.326 e. The maximum absolute atomic E-state index is 14.7. The van der Waals surface area contributed by atoms with Crippen molar-refractivity contribution in [2.75, 3.05) is 52.4 Å². The average molecular weight is 1790 g/mol. The average Bonchev–Trinajstić information content (AvgIpc) is 0.845. The highest BCUT2D eigenvalue weighted by Crippen LogP contribution is 2.17. The molecule has 0 aromatic heterocycles.